The molecular weight excluding hydrogens is 290 g/mol. The molecule has 0 aromatic heterocycles. The number of anilines is 1. The summed E-state index contributed by atoms with van der Waals surface area (Å²) in [7, 11) is -3.62. The molecule has 2 rings (SSSR count). The maximum absolute atomic E-state index is 12.3. The standard InChI is InChI=1S/C14H21N3O3S/c1-10(9-15)16-21(19,20)13-6-5-12-4-3-7-17(11(2)18)14(12)8-13/h5-6,8,10,16H,3-4,7,9,15H2,1-2H3/t10-/m0/s1. The van der Waals surface area contributed by atoms with Crippen LogP contribution in [0.4, 0.5) is 5.69 Å². The molecule has 1 heterocycles. The van der Waals surface area contributed by atoms with Crippen molar-refractivity contribution in [1.82, 2.24) is 4.72 Å². The molecule has 1 amide bonds. The Bertz CT molecular complexity index is 643. The zero-order valence-electron chi connectivity index (χ0n) is 12.3. The number of benzene rings is 1. The Labute approximate surface area is 125 Å². The summed E-state index contributed by atoms with van der Waals surface area (Å²) in [6.07, 6.45) is 1.74. The molecule has 0 bridgehead atoms. The first kappa shape index (κ1) is 15.9. The molecule has 1 atom stereocenters. The van der Waals surface area contributed by atoms with Crippen molar-refractivity contribution >= 4 is 21.6 Å². The number of nitrogens with one attached hydrogen (secondary N) is 1. The lowest BCUT2D eigenvalue weighted by atomic mass is 10.0. The van der Waals surface area contributed by atoms with Crippen LogP contribution in [0.1, 0.15) is 25.8 Å². The number of hydrogen-bond acceptors (Lipinski definition) is 4. The Kier molecular flexibility index (Phi) is 4.65. The topological polar surface area (TPSA) is 92.5 Å². The third-order valence-electron chi connectivity index (χ3n) is 3.58. The zero-order chi connectivity index (χ0) is 15.6. The summed E-state index contributed by atoms with van der Waals surface area (Å²) in [5.41, 5.74) is 7.14. The van der Waals surface area contributed by atoms with Crippen LogP contribution in [0, 0.1) is 0 Å². The first-order valence-corrected chi connectivity index (χ1v) is 8.47. The summed E-state index contributed by atoms with van der Waals surface area (Å²) in [6.45, 7) is 4.05. The minimum absolute atomic E-state index is 0.0752. The highest BCUT2D eigenvalue weighted by Crippen LogP contribution is 2.29. The number of sulfonamides is 1. The van der Waals surface area contributed by atoms with E-state index < -0.39 is 10.0 Å². The van der Waals surface area contributed by atoms with Crippen LogP contribution in [-0.2, 0) is 21.2 Å². The molecule has 116 valence electrons. The van der Waals surface area contributed by atoms with Crippen LogP contribution in [0.15, 0.2) is 23.1 Å². The monoisotopic (exact) mass is 311 g/mol. The van der Waals surface area contributed by atoms with Gasteiger partial charge in [-0.25, -0.2) is 13.1 Å². The van der Waals surface area contributed by atoms with Gasteiger partial charge in [-0.2, -0.15) is 0 Å². The lowest BCUT2D eigenvalue weighted by molar-refractivity contribution is -0.116. The van der Waals surface area contributed by atoms with E-state index in [4.69, 9.17) is 5.73 Å². The van der Waals surface area contributed by atoms with Gasteiger partial charge in [-0.05, 0) is 37.5 Å². The molecule has 1 aliphatic heterocycles. The van der Waals surface area contributed by atoms with Crippen molar-refractivity contribution in [2.75, 3.05) is 18.0 Å². The second-order valence-electron chi connectivity index (χ2n) is 5.32. The van der Waals surface area contributed by atoms with E-state index in [1.54, 1.807) is 30.0 Å². The predicted octanol–water partition coefficient (Wildman–Crippen LogP) is 0.611. The molecular formula is C14H21N3O3S. The van der Waals surface area contributed by atoms with Gasteiger partial charge in [0.05, 0.1) is 4.90 Å². The van der Waals surface area contributed by atoms with Crippen molar-refractivity contribution < 1.29 is 13.2 Å². The summed E-state index contributed by atoms with van der Waals surface area (Å²) in [5, 5.41) is 0. The molecule has 3 N–H and O–H groups in total. The van der Waals surface area contributed by atoms with Crippen molar-refractivity contribution in [3.8, 4) is 0 Å². The van der Waals surface area contributed by atoms with Crippen LogP contribution in [-0.4, -0.2) is 33.5 Å². The largest absolute Gasteiger partial charge is 0.329 e. The number of nitrogens with two attached hydrogens (primary N) is 1. The first-order valence-electron chi connectivity index (χ1n) is 6.98. The Morgan fingerprint density at radius 2 is 2.19 bits per heavy atom. The van der Waals surface area contributed by atoms with Crippen molar-refractivity contribution in [2.24, 2.45) is 5.73 Å². The SMILES string of the molecule is CC(=O)N1CCCc2ccc(S(=O)(=O)N[C@@H](C)CN)cc21. The molecule has 7 heteroatoms. The number of amides is 1. The van der Waals surface area contributed by atoms with E-state index in [2.05, 4.69) is 4.72 Å². The highest BCUT2D eigenvalue weighted by atomic mass is 32.2. The minimum Gasteiger partial charge on any atom is -0.329 e. The van der Waals surface area contributed by atoms with Crippen molar-refractivity contribution in [3.63, 3.8) is 0 Å². The molecule has 21 heavy (non-hydrogen) atoms. The number of hydrogen-bond donors (Lipinski definition) is 2. The number of carbonyl (C=O) groups excluding carboxylic acids is 1. The van der Waals surface area contributed by atoms with E-state index in [1.807, 2.05) is 0 Å². The molecule has 0 radical (unpaired) electrons. The fourth-order valence-corrected chi connectivity index (χ4v) is 3.71. The van der Waals surface area contributed by atoms with Crippen molar-refractivity contribution in [2.45, 2.75) is 37.6 Å². The van der Waals surface area contributed by atoms with Crippen LogP contribution in [0.3, 0.4) is 0 Å². The highest BCUT2D eigenvalue weighted by molar-refractivity contribution is 7.89. The molecule has 0 spiro atoms. The molecule has 0 saturated carbocycles. The molecule has 0 saturated heterocycles. The van der Waals surface area contributed by atoms with Crippen molar-refractivity contribution in [3.05, 3.63) is 23.8 Å². The summed E-state index contributed by atoms with van der Waals surface area (Å²) >= 11 is 0. The number of aryl methyl sites for hydroxylation is 1. The summed E-state index contributed by atoms with van der Waals surface area (Å²) in [4.78, 5) is 13.5. The lowest BCUT2D eigenvalue weighted by Gasteiger charge is -2.29. The molecule has 1 aromatic rings. The fourth-order valence-electron chi connectivity index (χ4n) is 2.43. The predicted molar refractivity (Wildman–Crippen MR) is 81.6 cm³/mol. The fraction of sp³-hybridized carbons (Fsp3) is 0.500. The van der Waals surface area contributed by atoms with E-state index in [-0.39, 0.29) is 23.4 Å². The summed E-state index contributed by atoms with van der Waals surface area (Å²) < 4.78 is 27.1. The van der Waals surface area contributed by atoms with Crippen LogP contribution < -0.4 is 15.4 Å². The van der Waals surface area contributed by atoms with Gasteiger partial charge in [0.1, 0.15) is 0 Å². The van der Waals surface area contributed by atoms with E-state index in [0.29, 0.717) is 12.2 Å². The smallest absolute Gasteiger partial charge is 0.240 e. The average Bonchev–Trinajstić information content (AvgIpc) is 2.45. The van der Waals surface area contributed by atoms with E-state index in [1.165, 1.54) is 6.92 Å². The van der Waals surface area contributed by atoms with Crippen LogP contribution in [0.25, 0.3) is 0 Å². The molecule has 0 unspecified atom stereocenters. The van der Waals surface area contributed by atoms with Gasteiger partial charge in [-0.1, -0.05) is 6.07 Å². The highest BCUT2D eigenvalue weighted by Gasteiger charge is 2.24. The van der Waals surface area contributed by atoms with E-state index >= 15 is 0 Å². The zero-order valence-corrected chi connectivity index (χ0v) is 13.1. The lowest BCUT2D eigenvalue weighted by Crippen LogP contribution is -2.38. The van der Waals surface area contributed by atoms with Gasteiger partial charge in [-0.3, -0.25) is 4.79 Å². The van der Waals surface area contributed by atoms with Crippen LogP contribution >= 0.6 is 0 Å². The Balaban J connectivity index is 2.40. The summed E-state index contributed by atoms with van der Waals surface area (Å²) in [6, 6.07) is 4.59. The maximum Gasteiger partial charge on any atom is 0.240 e. The number of nitrogens with zero attached hydrogens (tertiary/aromatic N) is 1. The molecule has 0 aliphatic carbocycles. The Morgan fingerprint density at radius 3 is 2.81 bits per heavy atom. The third kappa shape index (κ3) is 3.42. The van der Waals surface area contributed by atoms with E-state index in [9.17, 15) is 13.2 Å². The van der Waals surface area contributed by atoms with Gasteiger partial charge in [-0.15, -0.1) is 0 Å². The van der Waals surface area contributed by atoms with Gasteiger partial charge >= 0.3 is 0 Å². The van der Waals surface area contributed by atoms with Crippen molar-refractivity contribution in [1.29, 1.82) is 0 Å². The number of carbonyl (C=O) groups is 1. The second kappa shape index (κ2) is 6.13. The Morgan fingerprint density at radius 1 is 1.48 bits per heavy atom. The molecule has 1 aromatic carbocycles. The van der Waals surface area contributed by atoms with Gasteiger partial charge in [0.2, 0.25) is 15.9 Å². The van der Waals surface area contributed by atoms with Crippen LogP contribution in [0.5, 0.6) is 0 Å². The minimum atomic E-state index is -3.62. The third-order valence-corrected chi connectivity index (χ3v) is 5.16. The van der Waals surface area contributed by atoms with Crippen LogP contribution in [0.2, 0.25) is 0 Å². The van der Waals surface area contributed by atoms with Gasteiger partial charge in [0.25, 0.3) is 0 Å². The first-order chi connectivity index (χ1) is 9.85. The van der Waals surface area contributed by atoms with Gasteiger partial charge in [0.15, 0.2) is 0 Å². The Hall–Kier alpha value is -1.44. The van der Waals surface area contributed by atoms with Gasteiger partial charge < -0.3 is 10.6 Å². The maximum atomic E-state index is 12.3. The molecule has 0 fully saturated rings. The molecule has 1 aliphatic rings. The average molecular weight is 311 g/mol. The normalized spacial score (nSPS) is 16.4. The quantitative estimate of drug-likeness (QED) is 0.852. The van der Waals surface area contributed by atoms with E-state index in [0.717, 1.165) is 18.4 Å². The number of fused-ring (bicyclic) bond motifs is 1. The van der Waals surface area contributed by atoms with Gasteiger partial charge in [0, 0.05) is 31.7 Å². The molecule has 6 nitrogen and oxygen atoms in total. The second-order valence-corrected chi connectivity index (χ2v) is 7.04. The number of rotatable bonds is 4. The summed E-state index contributed by atoms with van der Waals surface area (Å²) in [5.74, 6) is -0.0752.